The van der Waals surface area contributed by atoms with Crippen LogP contribution in [0, 0.1) is 10.8 Å². The van der Waals surface area contributed by atoms with Gasteiger partial charge in [-0.25, -0.2) is 0 Å². The summed E-state index contributed by atoms with van der Waals surface area (Å²) in [6, 6.07) is 0. The molecule has 0 aromatic heterocycles. The number of nitrogens with two attached hydrogens (primary N) is 1. The lowest BCUT2D eigenvalue weighted by molar-refractivity contribution is -0.221. The van der Waals surface area contributed by atoms with E-state index in [1.165, 1.54) is 7.11 Å². The molecule has 0 radical (unpaired) electrons. The van der Waals surface area contributed by atoms with Gasteiger partial charge in [0, 0.05) is 0 Å². The van der Waals surface area contributed by atoms with Crippen LogP contribution in [0.1, 0.15) is 19.3 Å². The Hall–Kier alpha value is -0.570. The number of rotatable bonds is 2. The van der Waals surface area contributed by atoms with Gasteiger partial charge in [0.1, 0.15) is 0 Å². The average molecular weight is 155 g/mol. The number of hydrogen-bond donors (Lipinski definition) is 1. The van der Waals surface area contributed by atoms with Gasteiger partial charge in [0.05, 0.1) is 12.5 Å². The van der Waals surface area contributed by atoms with E-state index in [-0.39, 0.29) is 11.4 Å². The van der Waals surface area contributed by atoms with E-state index in [2.05, 4.69) is 0 Å². The second kappa shape index (κ2) is 1.78. The number of hydrogen-bond acceptors (Lipinski definition) is 3. The molecule has 3 rings (SSSR count). The molecule has 2 N–H and O–H groups in total. The Labute approximate surface area is 65.9 Å². The van der Waals surface area contributed by atoms with Gasteiger partial charge in [-0.1, -0.05) is 0 Å². The fraction of sp³-hybridized carbons (Fsp3) is 0.875. The van der Waals surface area contributed by atoms with Crippen LogP contribution in [-0.2, 0) is 9.53 Å². The third kappa shape index (κ3) is 0.644. The van der Waals surface area contributed by atoms with Gasteiger partial charge in [0.2, 0.25) is 0 Å². The van der Waals surface area contributed by atoms with Crippen molar-refractivity contribution in [1.29, 1.82) is 0 Å². The molecule has 3 nitrogen and oxygen atoms in total. The molecule has 0 amide bonds. The summed E-state index contributed by atoms with van der Waals surface area (Å²) in [7, 11) is 1.46. The molecule has 3 fully saturated rings. The minimum absolute atomic E-state index is 0.0344. The third-order valence-corrected chi connectivity index (χ3v) is 3.19. The van der Waals surface area contributed by atoms with Crippen molar-refractivity contribution in [1.82, 2.24) is 0 Å². The van der Waals surface area contributed by atoms with E-state index >= 15 is 0 Å². The first-order chi connectivity index (χ1) is 5.16. The maximum atomic E-state index is 11.1. The molecule has 0 aromatic rings. The predicted molar refractivity (Wildman–Crippen MR) is 39.8 cm³/mol. The number of carbonyl (C=O) groups excluding carboxylic acids is 1. The Morgan fingerprint density at radius 3 is 2.45 bits per heavy atom. The van der Waals surface area contributed by atoms with Gasteiger partial charge >= 0.3 is 5.97 Å². The Kier molecular flexibility index (Phi) is 1.15. The molecule has 0 unspecified atom stereocenters. The summed E-state index contributed by atoms with van der Waals surface area (Å²) >= 11 is 0. The van der Waals surface area contributed by atoms with Crippen molar-refractivity contribution < 1.29 is 9.53 Å². The summed E-state index contributed by atoms with van der Waals surface area (Å²) in [5.41, 5.74) is 5.78. The molecule has 0 aliphatic heterocycles. The molecule has 11 heavy (non-hydrogen) atoms. The zero-order valence-electron chi connectivity index (χ0n) is 6.72. The first kappa shape index (κ1) is 7.10. The standard InChI is InChI=1S/C8H13NO2/c1-11-6(10)8-2-7(3-8,4-8)5-9/h2-5,9H2,1H3. The topological polar surface area (TPSA) is 52.3 Å². The van der Waals surface area contributed by atoms with Crippen molar-refractivity contribution in [3.63, 3.8) is 0 Å². The molecule has 3 saturated carbocycles. The highest BCUT2D eigenvalue weighted by molar-refractivity contribution is 5.81. The summed E-state index contributed by atoms with van der Waals surface area (Å²) in [5, 5.41) is 0. The molecule has 3 heteroatoms. The maximum absolute atomic E-state index is 11.1. The SMILES string of the molecule is COC(=O)C12CC(CN)(C1)C2. The molecule has 0 heterocycles. The van der Waals surface area contributed by atoms with Gasteiger partial charge in [0.15, 0.2) is 0 Å². The normalized spacial score (nSPS) is 45.6. The lowest BCUT2D eigenvalue weighted by atomic mass is 9.35. The van der Waals surface area contributed by atoms with Crippen LogP contribution in [0.4, 0.5) is 0 Å². The maximum Gasteiger partial charge on any atom is 0.311 e. The molecule has 0 saturated heterocycles. The molecular formula is C8H13NO2. The lowest BCUT2D eigenvalue weighted by Crippen LogP contribution is -2.68. The van der Waals surface area contributed by atoms with Crippen LogP contribution in [0.15, 0.2) is 0 Å². The molecule has 3 aliphatic rings. The van der Waals surface area contributed by atoms with E-state index in [1.807, 2.05) is 0 Å². The predicted octanol–water partition coefficient (Wildman–Crippen LogP) is 0.288. The first-order valence-electron chi connectivity index (χ1n) is 3.95. The van der Waals surface area contributed by atoms with Gasteiger partial charge in [-0.05, 0) is 31.2 Å². The van der Waals surface area contributed by atoms with Crippen LogP contribution in [0.3, 0.4) is 0 Å². The highest BCUT2D eigenvalue weighted by Crippen LogP contribution is 2.73. The van der Waals surface area contributed by atoms with Gasteiger partial charge in [-0.2, -0.15) is 0 Å². The minimum Gasteiger partial charge on any atom is -0.469 e. The minimum atomic E-state index is -0.103. The average Bonchev–Trinajstić information content (AvgIpc) is 1.83. The van der Waals surface area contributed by atoms with E-state index in [0.717, 1.165) is 25.8 Å². The largest absolute Gasteiger partial charge is 0.469 e. The monoisotopic (exact) mass is 155 g/mol. The Morgan fingerprint density at radius 1 is 1.55 bits per heavy atom. The van der Waals surface area contributed by atoms with Gasteiger partial charge < -0.3 is 10.5 Å². The number of methoxy groups -OCH3 is 1. The summed E-state index contributed by atoms with van der Waals surface area (Å²) in [6.45, 7) is 0.728. The van der Waals surface area contributed by atoms with Crippen molar-refractivity contribution in [2.75, 3.05) is 13.7 Å². The van der Waals surface area contributed by atoms with Crippen molar-refractivity contribution in [3.05, 3.63) is 0 Å². The number of carbonyl (C=O) groups is 1. The van der Waals surface area contributed by atoms with E-state index in [4.69, 9.17) is 10.5 Å². The molecule has 0 atom stereocenters. The van der Waals surface area contributed by atoms with Gasteiger partial charge in [-0.15, -0.1) is 0 Å². The van der Waals surface area contributed by atoms with Crippen LogP contribution >= 0.6 is 0 Å². The van der Waals surface area contributed by atoms with Crippen LogP contribution in [0.2, 0.25) is 0 Å². The van der Waals surface area contributed by atoms with Crippen molar-refractivity contribution in [2.45, 2.75) is 19.3 Å². The Bertz CT molecular complexity index is 192. The first-order valence-corrected chi connectivity index (χ1v) is 3.95. The Morgan fingerprint density at radius 2 is 2.09 bits per heavy atom. The molecular weight excluding hydrogens is 142 g/mol. The van der Waals surface area contributed by atoms with E-state index in [0.29, 0.717) is 5.41 Å². The van der Waals surface area contributed by atoms with Crippen molar-refractivity contribution in [2.24, 2.45) is 16.6 Å². The van der Waals surface area contributed by atoms with Gasteiger partial charge in [0.25, 0.3) is 0 Å². The van der Waals surface area contributed by atoms with Crippen LogP contribution in [0.25, 0.3) is 0 Å². The summed E-state index contributed by atoms with van der Waals surface area (Å²) in [5.74, 6) is -0.0344. The summed E-state index contributed by atoms with van der Waals surface area (Å²) in [6.07, 6.45) is 2.88. The Balaban J connectivity index is 1.99. The van der Waals surface area contributed by atoms with E-state index < -0.39 is 0 Å². The van der Waals surface area contributed by atoms with Crippen LogP contribution in [-0.4, -0.2) is 19.6 Å². The van der Waals surface area contributed by atoms with Gasteiger partial charge in [-0.3, -0.25) is 4.79 Å². The van der Waals surface area contributed by atoms with Crippen LogP contribution in [0.5, 0.6) is 0 Å². The molecule has 0 spiro atoms. The van der Waals surface area contributed by atoms with Crippen molar-refractivity contribution in [3.8, 4) is 0 Å². The lowest BCUT2D eigenvalue weighted by Gasteiger charge is -2.68. The smallest absolute Gasteiger partial charge is 0.311 e. The fourth-order valence-corrected chi connectivity index (χ4v) is 2.65. The summed E-state index contributed by atoms with van der Waals surface area (Å²) < 4.78 is 4.70. The molecule has 2 bridgehead atoms. The van der Waals surface area contributed by atoms with E-state index in [1.54, 1.807) is 0 Å². The highest BCUT2D eigenvalue weighted by atomic mass is 16.5. The molecule has 3 aliphatic carbocycles. The zero-order chi connectivity index (χ0) is 8.11. The highest BCUT2D eigenvalue weighted by Gasteiger charge is 2.71. The number of esters is 1. The van der Waals surface area contributed by atoms with Crippen molar-refractivity contribution >= 4 is 5.97 Å². The quantitative estimate of drug-likeness (QED) is 0.583. The summed E-state index contributed by atoms with van der Waals surface area (Å²) in [4.78, 5) is 11.1. The second-order valence-electron chi connectivity index (χ2n) is 4.01. The third-order valence-electron chi connectivity index (χ3n) is 3.19. The van der Waals surface area contributed by atoms with Crippen LogP contribution < -0.4 is 5.73 Å². The van der Waals surface area contributed by atoms with E-state index in [9.17, 15) is 4.79 Å². The number of ether oxygens (including phenoxy) is 1. The second-order valence-corrected chi connectivity index (χ2v) is 4.01. The molecule has 62 valence electrons. The zero-order valence-corrected chi connectivity index (χ0v) is 6.72. The molecule has 0 aromatic carbocycles. The fourth-order valence-electron chi connectivity index (χ4n) is 2.65.